The molecule has 0 unspecified atom stereocenters. The fraction of sp³-hybridized carbons (Fsp3) is 0.136. The van der Waals surface area contributed by atoms with E-state index in [0.717, 1.165) is 0 Å². The molecule has 6 heteroatoms. The second-order valence-electron chi connectivity index (χ2n) is 6.36. The summed E-state index contributed by atoms with van der Waals surface area (Å²) in [7, 11) is 0. The van der Waals surface area contributed by atoms with Crippen LogP contribution >= 0.6 is 11.6 Å². The molecule has 0 radical (unpaired) electrons. The summed E-state index contributed by atoms with van der Waals surface area (Å²) in [5.74, 6) is 0.761. The van der Waals surface area contributed by atoms with Crippen LogP contribution in [0.4, 0.5) is 5.69 Å². The summed E-state index contributed by atoms with van der Waals surface area (Å²) in [6.07, 6.45) is -0.933. The largest absolute Gasteiger partial charge is 0.486 e. The Labute approximate surface area is 167 Å². The van der Waals surface area contributed by atoms with Gasteiger partial charge in [-0.05, 0) is 35.9 Å². The molecule has 3 aromatic carbocycles. The summed E-state index contributed by atoms with van der Waals surface area (Å²) < 4.78 is 11.3. The van der Waals surface area contributed by atoms with Gasteiger partial charge in [-0.3, -0.25) is 4.79 Å². The van der Waals surface area contributed by atoms with Gasteiger partial charge in [0.15, 0.2) is 11.5 Å². The van der Waals surface area contributed by atoms with E-state index in [1.807, 2.05) is 30.3 Å². The van der Waals surface area contributed by atoms with Crippen molar-refractivity contribution in [3.8, 4) is 11.5 Å². The number of hydrogen-bond acceptors (Lipinski definition) is 4. The fourth-order valence-corrected chi connectivity index (χ4v) is 3.18. The Bertz CT molecular complexity index is 989. The normalized spacial score (nSPS) is 13.6. The Kier molecular flexibility index (Phi) is 5.19. The van der Waals surface area contributed by atoms with E-state index in [4.69, 9.17) is 21.1 Å². The van der Waals surface area contributed by atoms with Crippen molar-refractivity contribution >= 4 is 23.2 Å². The van der Waals surface area contributed by atoms with Gasteiger partial charge in [0.05, 0.1) is 5.69 Å². The lowest BCUT2D eigenvalue weighted by Gasteiger charge is -2.23. The molecule has 0 saturated carbocycles. The molecule has 0 aromatic heterocycles. The number of aliphatic hydroxyl groups excluding tert-OH is 1. The average molecular weight is 396 g/mol. The van der Waals surface area contributed by atoms with E-state index in [-0.39, 0.29) is 5.91 Å². The molecule has 5 nitrogen and oxygen atoms in total. The molecular weight excluding hydrogens is 378 g/mol. The molecule has 1 atom stereocenters. The van der Waals surface area contributed by atoms with Gasteiger partial charge in [-0.25, -0.2) is 0 Å². The quantitative estimate of drug-likeness (QED) is 0.685. The molecule has 0 spiro atoms. The zero-order chi connectivity index (χ0) is 19.5. The summed E-state index contributed by atoms with van der Waals surface area (Å²) >= 11 is 5.90. The zero-order valence-electron chi connectivity index (χ0n) is 14.9. The minimum Gasteiger partial charge on any atom is -0.486 e. The number of halogens is 1. The third-order valence-electron chi connectivity index (χ3n) is 4.48. The molecule has 3 aromatic rings. The molecule has 1 aliphatic rings. The van der Waals surface area contributed by atoms with Gasteiger partial charge >= 0.3 is 0 Å². The van der Waals surface area contributed by atoms with Gasteiger partial charge in [0.2, 0.25) is 0 Å². The molecular formula is C22H18ClNO4. The third-order valence-corrected chi connectivity index (χ3v) is 4.73. The molecule has 0 fully saturated rings. The maximum atomic E-state index is 12.7. The number of carbonyl (C=O) groups excluding carboxylic acids is 1. The molecule has 0 saturated heterocycles. The Hall–Kier alpha value is -3.02. The number of ether oxygens (including phenoxy) is 2. The number of nitrogens with one attached hydrogen (secondary N) is 1. The number of rotatable bonds is 4. The lowest BCUT2D eigenvalue weighted by molar-refractivity contribution is 0.102. The van der Waals surface area contributed by atoms with Crippen LogP contribution in [0.2, 0.25) is 5.02 Å². The van der Waals surface area contributed by atoms with Crippen molar-refractivity contribution in [1.29, 1.82) is 0 Å². The molecule has 28 heavy (non-hydrogen) atoms. The summed E-state index contributed by atoms with van der Waals surface area (Å²) in [5.41, 5.74) is 2.15. The van der Waals surface area contributed by atoms with Crippen molar-refractivity contribution in [2.75, 3.05) is 18.5 Å². The van der Waals surface area contributed by atoms with Crippen molar-refractivity contribution in [2.24, 2.45) is 0 Å². The number of amides is 1. The first kappa shape index (κ1) is 18.3. The second-order valence-corrected chi connectivity index (χ2v) is 6.79. The highest BCUT2D eigenvalue weighted by Crippen LogP contribution is 2.39. The van der Waals surface area contributed by atoms with Crippen molar-refractivity contribution in [1.82, 2.24) is 0 Å². The van der Waals surface area contributed by atoms with E-state index in [1.165, 1.54) is 0 Å². The van der Waals surface area contributed by atoms with Crippen LogP contribution in [0.15, 0.2) is 66.7 Å². The van der Waals surface area contributed by atoms with Crippen molar-refractivity contribution in [2.45, 2.75) is 6.10 Å². The van der Waals surface area contributed by atoms with Crippen molar-refractivity contribution in [3.63, 3.8) is 0 Å². The van der Waals surface area contributed by atoms with Crippen molar-refractivity contribution in [3.05, 3.63) is 88.4 Å². The van der Waals surface area contributed by atoms with Crippen LogP contribution in [0.1, 0.15) is 27.6 Å². The number of carbonyl (C=O) groups is 1. The number of aliphatic hydroxyl groups is 1. The molecule has 1 heterocycles. The minimum atomic E-state index is -0.933. The van der Waals surface area contributed by atoms with E-state index in [2.05, 4.69) is 5.32 Å². The van der Waals surface area contributed by atoms with Crippen LogP contribution in [0, 0.1) is 0 Å². The van der Waals surface area contributed by atoms with Crippen molar-refractivity contribution < 1.29 is 19.4 Å². The Morgan fingerprint density at radius 2 is 1.61 bits per heavy atom. The molecule has 0 aliphatic carbocycles. The van der Waals surface area contributed by atoms with Gasteiger partial charge in [-0.15, -0.1) is 0 Å². The number of benzene rings is 3. The van der Waals surface area contributed by atoms with Crippen LogP contribution in [-0.2, 0) is 0 Å². The van der Waals surface area contributed by atoms with E-state index in [9.17, 15) is 9.90 Å². The highest BCUT2D eigenvalue weighted by atomic mass is 35.5. The highest BCUT2D eigenvalue weighted by Gasteiger charge is 2.22. The Balaban J connectivity index is 1.72. The molecule has 2 N–H and O–H groups in total. The first-order chi connectivity index (χ1) is 13.6. The maximum Gasteiger partial charge on any atom is 0.255 e. The highest BCUT2D eigenvalue weighted by molar-refractivity contribution is 6.30. The molecule has 1 aliphatic heterocycles. The molecule has 4 rings (SSSR count). The SMILES string of the molecule is O=C(Nc1cc2c(cc1[C@@H](O)c1ccccc1)OCCO2)c1ccc(Cl)cc1. The van der Waals surface area contributed by atoms with Gasteiger partial charge in [-0.2, -0.15) is 0 Å². The van der Waals surface area contributed by atoms with E-state index < -0.39 is 6.10 Å². The first-order valence-electron chi connectivity index (χ1n) is 8.85. The smallest absolute Gasteiger partial charge is 0.255 e. The van der Waals surface area contributed by atoms with Gasteiger partial charge in [0, 0.05) is 22.2 Å². The van der Waals surface area contributed by atoms with Crippen LogP contribution in [0.25, 0.3) is 0 Å². The van der Waals surface area contributed by atoms with Gasteiger partial charge in [0.25, 0.3) is 5.91 Å². The zero-order valence-corrected chi connectivity index (χ0v) is 15.6. The second kappa shape index (κ2) is 7.92. The standard InChI is InChI=1S/C22H18ClNO4/c23-16-8-6-15(7-9-16)22(26)24-18-13-20-19(27-10-11-28-20)12-17(18)21(25)14-4-2-1-3-5-14/h1-9,12-13,21,25H,10-11H2,(H,24,26)/t21-/m0/s1. The predicted molar refractivity (Wildman–Crippen MR) is 107 cm³/mol. The van der Waals surface area contributed by atoms with Gasteiger partial charge < -0.3 is 19.9 Å². The Morgan fingerprint density at radius 3 is 2.29 bits per heavy atom. The van der Waals surface area contributed by atoms with Crippen LogP contribution in [-0.4, -0.2) is 24.2 Å². The van der Waals surface area contributed by atoms with Gasteiger partial charge in [-0.1, -0.05) is 41.9 Å². The summed E-state index contributed by atoms with van der Waals surface area (Å²) in [4.78, 5) is 12.7. The third kappa shape index (κ3) is 3.81. The summed E-state index contributed by atoms with van der Waals surface area (Å²) in [6.45, 7) is 0.864. The monoisotopic (exact) mass is 395 g/mol. The number of hydrogen-bond donors (Lipinski definition) is 2. The fourth-order valence-electron chi connectivity index (χ4n) is 3.05. The topological polar surface area (TPSA) is 67.8 Å². The van der Waals surface area contributed by atoms with Crippen LogP contribution < -0.4 is 14.8 Å². The number of fused-ring (bicyclic) bond motifs is 1. The predicted octanol–water partition coefficient (Wildman–Crippen LogP) is 4.45. The molecule has 142 valence electrons. The first-order valence-corrected chi connectivity index (χ1v) is 9.23. The molecule has 1 amide bonds. The lowest BCUT2D eigenvalue weighted by atomic mass is 9.98. The average Bonchev–Trinajstić information content (AvgIpc) is 2.74. The maximum absolute atomic E-state index is 12.7. The van der Waals surface area contributed by atoms with Gasteiger partial charge in [0.1, 0.15) is 19.3 Å². The van der Waals surface area contributed by atoms with Crippen LogP contribution in [0.5, 0.6) is 11.5 Å². The Morgan fingerprint density at radius 1 is 0.964 bits per heavy atom. The number of anilines is 1. The van der Waals surface area contributed by atoms with E-state index in [1.54, 1.807) is 36.4 Å². The summed E-state index contributed by atoms with van der Waals surface area (Å²) in [5, 5.41) is 14.4. The van der Waals surface area contributed by atoms with Crippen LogP contribution in [0.3, 0.4) is 0 Å². The van der Waals surface area contributed by atoms with E-state index >= 15 is 0 Å². The molecule has 0 bridgehead atoms. The summed E-state index contributed by atoms with van der Waals surface area (Å²) in [6, 6.07) is 19.2. The minimum absolute atomic E-state index is 0.310. The van der Waals surface area contributed by atoms with E-state index in [0.29, 0.717) is 52.1 Å². The lowest BCUT2D eigenvalue weighted by Crippen LogP contribution is -2.18.